The predicted molar refractivity (Wildman–Crippen MR) is 66.6 cm³/mol. The maximum atomic E-state index is 12.4. The highest BCUT2D eigenvalue weighted by Gasteiger charge is 2.41. The summed E-state index contributed by atoms with van der Waals surface area (Å²) >= 11 is 0. The minimum Gasteiger partial charge on any atom is -0.368 e. The van der Waals surface area contributed by atoms with Gasteiger partial charge in [0.05, 0.1) is 12.4 Å². The van der Waals surface area contributed by atoms with Crippen LogP contribution in [0.3, 0.4) is 0 Å². The van der Waals surface area contributed by atoms with Gasteiger partial charge < -0.3 is 4.74 Å². The van der Waals surface area contributed by atoms with Crippen LogP contribution in [0.1, 0.15) is 39.0 Å². The minimum absolute atomic E-state index is 0.223. The molecular weight excluding hydrogens is 305 g/mol. The number of ether oxygens (including phenoxy) is 1. The van der Waals surface area contributed by atoms with Gasteiger partial charge in [-0.15, -0.1) is 0 Å². The first-order chi connectivity index (χ1) is 8.54. The summed E-state index contributed by atoms with van der Waals surface area (Å²) in [5.74, 6) is -0.327. The third kappa shape index (κ3) is 5.87. The standard InChI is InChI=1S/C11H18ClF3O3S/c1-9(11(13,14)15)18-7-10(8-19(12,16)17)5-3-2-4-6-10/h9H,2-8H2,1H3. The maximum absolute atomic E-state index is 12.4. The third-order valence-electron chi connectivity index (χ3n) is 3.49. The average molecular weight is 323 g/mol. The Bertz CT molecular complexity index is 388. The molecule has 0 N–H and O–H groups in total. The molecule has 1 saturated carbocycles. The number of rotatable bonds is 5. The summed E-state index contributed by atoms with van der Waals surface area (Å²) < 4.78 is 64.5. The minimum atomic E-state index is -4.43. The van der Waals surface area contributed by atoms with Crippen LogP contribution in [-0.2, 0) is 13.8 Å². The molecule has 8 heteroatoms. The first-order valence-electron chi connectivity index (χ1n) is 6.15. The van der Waals surface area contributed by atoms with Crippen molar-refractivity contribution in [2.45, 2.75) is 51.3 Å². The second kappa shape index (κ2) is 6.18. The molecule has 1 atom stereocenters. The van der Waals surface area contributed by atoms with Crippen LogP contribution in [0.4, 0.5) is 13.2 Å². The Hall–Kier alpha value is -0.0100. The smallest absolute Gasteiger partial charge is 0.368 e. The van der Waals surface area contributed by atoms with Crippen molar-refractivity contribution in [3.63, 3.8) is 0 Å². The van der Waals surface area contributed by atoms with Gasteiger partial charge in [0, 0.05) is 16.1 Å². The third-order valence-corrected chi connectivity index (χ3v) is 4.78. The molecule has 0 heterocycles. The molecule has 0 aromatic rings. The van der Waals surface area contributed by atoms with E-state index in [2.05, 4.69) is 0 Å². The predicted octanol–water partition coefficient (Wildman–Crippen LogP) is 3.47. The van der Waals surface area contributed by atoms with Crippen LogP contribution in [0.5, 0.6) is 0 Å². The highest BCUT2D eigenvalue weighted by atomic mass is 35.7. The van der Waals surface area contributed by atoms with Gasteiger partial charge in [0.1, 0.15) is 0 Å². The van der Waals surface area contributed by atoms with Gasteiger partial charge in [-0.3, -0.25) is 0 Å². The summed E-state index contributed by atoms with van der Waals surface area (Å²) in [6, 6.07) is 0. The second-order valence-electron chi connectivity index (χ2n) is 5.24. The zero-order valence-corrected chi connectivity index (χ0v) is 12.2. The quantitative estimate of drug-likeness (QED) is 0.728. The van der Waals surface area contributed by atoms with Crippen molar-refractivity contribution in [1.29, 1.82) is 0 Å². The zero-order chi connectivity index (χ0) is 14.7. The van der Waals surface area contributed by atoms with E-state index in [1.165, 1.54) is 0 Å². The van der Waals surface area contributed by atoms with E-state index in [0.717, 1.165) is 26.2 Å². The first-order valence-corrected chi connectivity index (χ1v) is 8.63. The van der Waals surface area contributed by atoms with E-state index in [9.17, 15) is 21.6 Å². The van der Waals surface area contributed by atoms with Crippen LogP contribution in [-0.4, -0.2) is 33.1 Å². The molecule has 0 aromatic carbocycles. The average Bonchev–Trinajstić information content (AvgIpc) is 2.23. The lowest BCUT2D eigenvalue weighted by atomic mass is 9.76. The van der Waals surface area contributed by atoms with Crippen molar-refractivity contribution in [2.75, 3.05) is 12.4 Å². The van der Waals surface area contributed by atoms with Crippen LogP contribution in [0.15, 0.2) is 0 Å². The van der Waals surface area contributed by atoms with E-state index < -0.39 is 26.7 Å². The van der Waals surface area contributed by atoms with Gasteiger partial charge in [-0.2, -0.15) is 13.2 Å². The van der Waals surface area contributed by atoms with Crippen molar-refractivity contribution in [3.8, 4) is 0 Å². The molecule has 0 amide bonds. The lowest BCUT2D eigenvalue weighted by Crippen LogP contribution is -2.39. The van der Waals surface area contributed by atoms with Gasteiger partial charge in [0.2, 0.25) is 9.05 Å². The molecule has 1 fully saturated rings. The number of hydrogen-bond acceptors (Lipinski definition) is 3. The van der Waals surface area contributed by atoms with Crippen molar-refractivity contribution in [3.05, 3.63) is 0 Å². The van der Waals surface area contributed by atoms with E-state index in [1.807, 2.05) is 0 Å². The molecule has 19 heavy (non-hydrogen) atoms. The largest absolute Gasteiger partial charge is 0.414 e. The van der Waals surface area contributed by atoms with Gasteiger partial charge >= 0.3 is 6.18 Å². The van der Waals surface area contributed by atoms with Gasteiger partial charge in [0.15, 0.2) is 6.10 Å². The topological polar surface area (TPSA) is 43.4 Å². The summed E-state index contributed by atoms with van der Waals surface area (Å²) in [6.07, 6.45) is -2.74. The van der Waals surface area contributed by atoms with E-state index in [0.29, 0.717) is 12.8 Å². The molecule has 0 bridgehead atoms. The highest BCUT2D eigenvalue weighted by Crippen LogP contribution is 2.39. The summed E-state index contributed by atoms with van der Waals surface area (Å²) in [5, 5.41) is 0. The molecule has 1 unspecified atom stereocenters. The van der Waals surface area contributed by atoms with Crippen LogP contribution >= 0.6 is 10.7 Å². The molecule has 0 radical (unpaired) electrons. The molecule has 1 aliphatic rings. The maximum Gasteiger partial charge on any atom is 0.414 e. The highest BCUT2D eigenvalue weighted by molar-refractivity contribution is 8.13. The van der Waals surface area contributed by atoms with Crippen molar-refractivity contribution in [2.24, 2.45) is 5.41 Å². The normalized spacial score (nSPS) is 22.2. The Kier molecular flexibility index (Phi) is 5.54. The van der Waals surface area contributed by atoms with Gasteiger partial charge in [-0.25, -0.2) is 8.42 Å². The van der Waals surface area contributed by atoms with Gasteiger partial charge in [0.25, 0.3) is 0 Å². The fourth-order valence-electron chi connectivity index (χ4n) is 2.39. The molecule has 3 nitrogen and oxygen atoms in total. The Labute approximate surface area is 115 Å². The Balaban J connectivity index is 2.70. The van der Waals surface area contributed by atoms with Crippen molar-refractivity contribution >= 4 is 19.7 Å². The molecular formula is C11H18ClF3O3S. The first kappa shape index (κ1) is 17.0. The molecule has 1 rings (SSSR count). The Morgan fingerprint density at radius 3 is 2.21 bits per heavy atom. The zero-order valence-electron chi connectivity index (χ0n) is 10.7. The van der Waals surface area contributed by atoms with Crippen LogP contribution in [0.2, 0.25) is 0 Å². The van der Waals surface area contributed by atoms with E-state index in [4.69, 9.17) is 15.4 Å². The summed E-state index contributed by atoms with van der Waals surface area (Å²) in [4.78, 5) is 0. The summed E-state index contributed by atoms with van der Waals surface area (Å²) in [7, 11) is 1.50. The molecule has 0 saturated heterocycles. The van der Waals surface area contributed by atoms with Gasteiger partial charge in [-0.05, 0) is 19.8 Å². The molecule has 0 aromatic heterocycles. The molecule has 0 spiro atoms. The Morgan fingerprint density at radius 1 is 1.26 bits per heavy atom. The van der Waals surface area contributed by atoms with E-state index in [1.54, 1.807) is 0 Å². The SMILES string of the molecule is CC(OCC1(CS(=O)(=O)Cl)CCCCC1)C(F)(F)F. The number of alkyl halides is 3. The number of hydrogen-bond donors (Lipinski definition) is 0. The van der Waals surface area contributed by atoms with Crippen molar-refractivity contribution < 1.29 is 26.3 Å². The second-order valence-corrected chi connectivity index (χ2v) is 8.02. The lowest BCUT2D eigenvalue weighted by Gasteiger charge is -2.36. The number of halogens is 4. The summed E-state index contributed by atoms with van der Waals surface area (Å²) in [6.45, 7) is 0.700. The van der Waals surface area contributed by atoms with Crippen LogP contribution in [0.25, 0.3) is 0 Å². The van der Waals surface area contributed by atoms with Gasteiger partial charge in [-0.1, -0.05) is 19.3 Å². The fraction of sp³-hybridized carbons (Fsp3) is 1.00. The van der Waals surface area contributed by atoms with Crippen LogP contribution in [0, 0.1) is 5.41 Å². The Morgan fingerprint density at radius 2 is 1.79 bits per heavy atom. The van der Waals surface area contributed by atoms with E-state index >= 15 is 0 Å². The van der Waals surface area contributed by atoms with Crippen LogP contribution < -0.4 is 0 Å². The molecule has 114 valence electrons. The lowest BCUT2D eigenvalue weighted by molar-refractivity contribution is -0.221. The van der Waals surface area contributed by atoms with E-state index in [-0.39, 0.29) is 12.4 Å². The monoisotopic (exact) mass is 322 g/mol. The summed E-state index contributed by atoms with van der Waals surface area (Å²) in [5.41, 5.74) is -0.779. The van der Waals surface area contributed by atoms with Crippen molar-refractivity contribution in [1.82, 2.24) is 0 Å². The fourth-order valence-corrected chi connectivity index (χ4v) is 4.19. The molecule has 0 aliphatic heterocycles. The molecule has 1 aliphatic carbocycles.